The Hall–Kier alpha value is -0.830. The number of likely N-dealkylation sites (N-methyl/N-ethyl adjacent to an activating group) is 1. The predicted molar refractivity (Wildman–Crippen MR) is 195 cm³/mol. The number of nitrogens with zero attached hydrogens (tertiary/aromatic N) is 1. The number of phosphoric acid groups is 1. The lowest BCUT2D eigenvalue weighted by Crippen LogP contribution is -2.47. The van der Waals surface area contributed by atoms with E-state index < -0.39 is 32.6 Å². The van der Waals surface area contributed by atoms with E-state index in [9.17, 15) is 24.2 Å². The lowest BCUT2D eigenvalue weighted by atomic mass is 9.89. The van der Waals surface area contributed by atoms with Crippen LogP contribution in [0.3, 0.4) is 0 Å². The summed E-state index contributed by atoms with van der Waals surface area (Å²) in [4.78, 5) is 38.4. The first kappa shape index (κ1) is 47.2. The molecule has 286 valence electrons. The number of aliphatic hydroxyl groups excluding tert-OH is 1. The minimum Gasteiger partial charge on any atom is -0.756 e. The fourth-order valence-electron chi connectivity index (χ4n) is 6.02. The van der Waals surface area contributed by atoms with Crippen molar-refractivity contribution in [2.75, 3.05) is 40.9 Å². The quantitative estimate of drug-likeness (QED) is 0.0300. The molecule has 0 bridgehead atoms. The summed E-state index contributed by atoms with van der Waals surface area (Å²) in [6.07, 6.45) is 24.1. The second-order valence-corrected chi connectivity index (χ2v) is 16.3. The molecule has 9 nitrogen and oxygen atoms in total. The summed E-state index contributed by atoms with van der Waals surface area (Å²) >= 11 is 0. The van der Waals surface area contributed by atoms with Gasteiger partial charge in [0.05, 0.1) is 27.7 Å². The van der Waals surface area contributed by atoms with Crippen molar-refractivity contribution >= 4 is 19.6 Å². The number of hydrogen-bond donors (Lipinski definition) is 1. The number of quaternary nitrogens is 1. The molecule has 0 fully saturated rings. The monoisotopic (exact) mass is 706 g/mol. The van der Waals surface area contributed by atoms with Crippen molar-refractivity contribution in [3.8, 4) is 0 Å². The molecule has 0 aliphatic rings. The first-order chi connectivity index (χ1) is 22.8. The average molecular weight is 706 g/mol. The van der Waals surface area contributed by atoms with Gasteiger partial charge in [-0.15, -0.1) is 0 Å². The summed E-state index contributed by atoms with van der Waals surface area (Å²) in [6, 6.07) is 0. The van der Waals surface area contributed by atoms with E-state index in [0.29, 0.717) is 17.3 Å². The van der Waals surface area contributed by atoms with Gasteiger partial charge in [-0.1, -0.05) is 149 Å². The maximum absolute atomic E-state index is 13.5. The zero-order chi connectivity index (χ0) is 36.1. The number of hydrogen-bond acceptors (Lipinski definition) is 8. The van der Waals surface area contributed by atoms with Gasteiger partial charge in [-0.3, -0.25) is 14.2 Å². The average Bonchev–Trinajstić information content (AvgIpc) is 3.02. The summed E-state index contributed by atoms with van der Waals surface area (Å²) < 4.78 is 28.5. The summed E-state index contributed by atoms with van der Waals surface area (Å²) in [5, 5.41) is 10.2. The number of unbranched alkanes of at least 4 members (excludes halogenated alkanes) is 18. The van der Waals surface area contributed by atoms with Gasteiger partial charge in [-0.05, 0) is 19.3 Å². The number of phosphoric ester groups is 1. The Bertz CT molecular complexity index is 834. The third-order valence-electron chi connectivity index (χ3n) is 8.83. The fourth-order valence-corrected chi connectivity index (χ4v) is 6.92. The maximum Gasteiger partial charge on any atom is 0.305 e. The normalized spacial score (nSPS) is 15.2. The number of aliphatic hydroxyl groups is 1. The van der Waals surface area contributed by atoms with Crippen molar-refractivity contribution < 1.29 is 42.4 Å². The van der Waals surface area contributed by atoms with E-state index in [1.54, 1.807) is 0 Å². The molecule has 0 aliphatic carbocycles. The summed E-state index contributed by atoms with van der Waals surface area (Å²) in [6.45, 7) is 5.62. The highest BCUT2D eigenvalue weighted by Gasteiger charge is 2.34. The lowest BCUT2D eigenvalue weighted by Gasteiger charge is -2.34. The molecule has 10 heteroatoms. The number of Topliss-reactive ketones (excluding diaryl/α,β-unsaturated/α-hetero) is 1. The minimum absolute atomic E-state index is 0.171. The Labute approximate surface area is 295 Å². The number of esters is 1. The number of rotatable bonds is 35. The van der Waals surface area contributed by atoms with Crippen LogP contribution in [0, 0.1) is 5.92 Å². The van der Waals surface area contributed by atoms with Crippen molar-refractivity contribution in [1.29, 1.82) is 0 Å². The number of carbonyl (C=O) groups is 2. The Morgan fingerprint density at radius 3 is 1.58 bits per heavy atom. The van der Waals surface area contributed by atoms with Gasteiger partial charge in [0.15, 0.2) is 11.9 Å². The third-order valence-corrected chi connectivity index (χ3v) is 9.81. The van der Waals surface area contributed by atoms with Gasteiger partial charge in [-0.2, -0.15) is 0 Å². The van der Waals surface area contributed by atoms with Gasteiger partial charge in [-0.25, -0.2) is 0 Å². The molecular weight excluding hydrogens is 629 g/mol. The van der Waals surface area contributed by atoms with Gasteiger partial charge < -0.3 is 28.3 Å². The summed E-state index contributed by atoms with van der Waals surface area (Å²) in [7, 11) is 0.700. The minimum atomic E-state index is -4.92. The van der Waals surface area contributed by atoms with Crippen LogP contribution >= 0.6 is 7.82 Å². The van der Waals surface area contributed by atoms with Gasteiger partial charge >= 0.3 is 5.97 Å². The molecule has 0 amide bonds. The zero-order valence-electron chi connectivity index (χ0n) is 32.0. The van der Waals surface area contributed by atoms with Crippen molar-refractivity contribution in [1.82, 2.24) is 0 Å². The maximum atomic E-state index is 13.5. The van der Waals surface area contributed by atoms with Gasteiger partial charge in [0, 0.05) is 12.3 Å². The van der Waals surface area contributed by atoms with E-state index in [1.807, 2.05) is 28.1 Å². The second-order valence-electron chi connectivity index (χ2n) is 14.9. The van der Waals surface area contributed by atoms with Crippen molar-refractivity contribution in [3.05, 3.63) is 0 Å². The molecule has 0 radical (unpaired) electrons. The molecule has 0 saturated heterocycles. The lowest BCUT2D eigenvalue weighted by molar-refractivity contribution is -0.872. The Morgan fingerprint density at radius 2 is 1.12 bits per heavy atom. The molecule has 3 unspecified atom stereocenters. The molecule has 0 spiro atoms. The molecule has 0 saturated carbocycles. The Kier molecular flexibility index (Phi) is 29.3. The number of ether oxygens (including phenoxy) is 1. The zero-order valence-corrected chi connectivity index (χ0v) is 32.9. The molecule has 0 heterocycles. The van der Waals surface area contributed by atoms with Crippen LogP contribution < -0.4 is 4.89 Å². The van der Waals surface area contributed by atoms with Crippen LogP contribution in [0.2, 0.25) is 0 Å². The SMILES string of the molecule is CCCCCCCCCCCCCCCCCC(=O)OC[C@@H](O)COP(=O)([O-])OC(C[N+](C)(C)C)C(=O)C(CCC)CCCCCCC. The third kappa shape index (κ3) is 29.0. The smallest absolute Gasteiger partial charge is 0.305 e. The van der Waals surface area contributed by atoms with Crippen LogP contribution in [0.15, 0.2) is 0 Å². The molecule has 0 aromatic carbocycles. The van der Waals surface area contributed by atoms with E-state index in [1.165, 1.54) is 83.5 Å². The number of carbonyl (C=O) groups excluding carboxylic acids is 2. The predicted octanol–water partition coefficient (Wildman–Crippen LogP) is 9.07. The molecular formula is C38H76NO8P. The van der Waals surface area contributed by atoms with Gasteiger partial charge in [0.2, 0.25) is 0 Å². The Morgan fingerprint density at radius 1 is 0.667 bits per heavy atom. The highest BCUT2D eigenvalue weighted by Crippen LogP contribution is 2.41. The van der Waals surface area contributed by atoms with Crippen LogP contribution in [0.25, 0.3) is 0 Å². The Balaban J connectivity index is 4.36. The molecule has 0 rings (SSSR count). The van der Waals surface area contributed by atoms with E-state index in [0.717, 1.165) is 51.4 Å². The second kappa shape index (κ2) is 29.9. The van der Waals surface area contributed by atoms with E-state index in [2.05, 4.69) is 13.8 Å². The van der Waals surface area contributed by atoms with Crippen molar-refractivity contribution in [2.24, 2.45) is 5.92 Å². The highest BCUT2D eigenvalue weighted by atomic mass is 31.2. The molecule has 48 heavy (non-hydrogen) atoms. The van der Waals surface area contributed by atoms with Crippen LogP contribution in [-0.2, 0) is 27.9 Å². The van der Waals surface area contributed by atoms with Crippen LogP contribution in [-0.4, -0.2) is 74.5 Å². The van der Waals surface area contributed by atoms with Crippen LogP contribution in [0.5, 0.6) is 0 Å². The molecule has 4 atom stereocenters. The van der Waals surface area contributed by atoms with Crippen molar-refractivity contribution in [3.63, 3.8) is 0 Å². The van der Waals surface area contributed by atoms with Gasteiger partial charge in [0.25, 0.3) is 7.82 Å². The summed E-state index contributed by atoms with van der Waals surface area (Å²) in [5.74, 6) is -0.911. The molecule has 0 aromatic rings. The van der Waals surface area contributed by atoms with Crippen LogP contribution in [0.4, 0.5) is 0 Å². The molecule has 1 N–H and O–H groups in total. The van der Waals surface area contributed by atoms with E-state index >= 15 is 0 Å². The van der Waals surface area contributed by atoms with E-state index in [-0.39, 0.29) is 31.3 Å². The largest absolute Gasteiger partial charge is 0.756 e. The number of ketones is 1. The first-order valence-corrected chi connectivity index (χ1v) is 21.1. The standard InChI is InChI=1S/C38H76NO8P/c1-7-10-12-14-15-16-17-18-19-20-21-22-23-25-27-30-37(41)45-32-35(40)33-46-48(43,44)47-36(31-39(4,5)6)38(42)34(28-9-3)29-26-24-13-11-8-2/h34-36,40H,7-33H2,1-6H3/t34?,35-,36?/m1/s1. The fraction of sp³-hybridized carbons (Fsp3) is 0.947. The van der Waals surface area contributed by atoms with Gasteiger partial charge in [0.1, 0.15) is 19.3 Å². The highest BCUT2D eigenvalue weighted by molar-refractivity contribution is 7.45. The molecule has 0 aliphatic heterocycles. The van der Waals surface area contributed by atoms with Crippen molar-refractivity contribution in [2.45, 2.75) is 187 Å². The molecule has 0 aromatic heterocycles. The topological polar surface area (TPSA) is 122 Å². The first-order valence-electron chi connectivity index (χ1n) is 19.7. The van der Waals surface area contributed by atoms with Crippen LogP contribution in [0.1, 0.15) is 175 Å². The summed E-state index contributed by atoms with van der Waals surface area (Å²) in [5.41, 5.74) is 0. The van der Waals surface area contributed by atoms with E-state index in [4.69, 9.17) is 13.8 Å².